The van der Waals surface area contributed by atoms with Crippen molar-refractivity contribution in [3.63, 3.8) is 0 Å². The van der Waals surface area contributed by atoms with Crippen LogP contribution in [0.25, 0.3) is 11.1 Å². The highest BCUT2D eigenvalue weighted by Crippen LogP contribution is 2.33. The summed E-state index contributed by atoms with van der Waals surface area (Å²) < 4.78 is 11.9. The molecule has 0 saturated carbocycles. The van der Waals surface area contributed by atoms with Crippen LogP contribution in [0.5, 0.6) is 0 Å². The Hall–Kier alpha value is -2.12. The largest absolute Gasteiger partial charge is 0.423 e. The molecule has 1 aromatic carbocycles. The molecule has 5 rings (SSSR count). The number of hydrogen-bond donors (Lipinski definition) is 1. The third-order valence-electron chi connectivity index (χ3n) is 7.02. The van der Waals surface area contributed by atoms with Gasteiger partial charge in [-0.05, 0) is 58.7 Å². The highest BCUT2D eigenvalue weighted by Gasteiger charge is 2.36. The Bertz CT molecular complexity index is 904. The van der Waals surface area contributed by atoms with Gasteiger partial charge in [-0.15, -0.1) is 0 Å². The van der Waals surface area contributed by atoms with Gasteiger partial charge < -0.3 is 24.3 Å². The topological polar surface area (TPSA) is 70.8 Å². The summed E-state index contributed by atoms with van der Waals surface area (Å²) in [4.78, 5) is 22.5. The van der Waals surface area contributed by atoms with Gasteiger partial charge >= 0.3 is 0 Å². The molecule has 3 saturated heterocycles. The summed E-state index contributed by atoms with van der Waals surface area (Å²) in [5.41, 5.74) is 1.90. The van der Waals surface area contributed by atoms with E-state index in [-0.39, 0.29) is 24.2 Å². The Kier molecular flexibility index (Phi) is 5.19. The van der Waals surface area contributed by atoms with Crippen LogP contribution < -0.4 is 10.2 Å². The number of aromatic nitrogens is 1. The van der Waals surface area contributed by atoms with Crippen molar-refractivity contribution < 1.29 is 13.9 Å². The molecular weight excluding hydrogens is 380 g/mol. The molecule has 2 unspecified atom stereocenters. The first-order valence-electron chi connectivity index (χ1n) is 11.3. The van der Waals surface area contributed by atoms with Crippen molar-refractivity contribution in [2.75, 3.05) is 25.0 Å². The molecule has 0 spiro atoms. The van der Waals surface area contributed by atoms with Crippen molar-refractivity contribution in [3.05, 3.63) is 23.8 Å². The van der Waals surface area contributed by atoms with Gasteiger partial charge in [0.2, 0.25) is 0 Å². The fourth-order valence-corrected chi connectivity index (χ4v) is 5.59. The average molecular weight is 413 g/mol. The van der Waals surface area contributed by atoms with Crippen molar-refractivity contribution in [3.8, 4) is 0 Å². The Balaban J connectivity index is 1.35. The summed E-state index contributed by atoms with van der Waals surface area (Å²) in [6.45, 7) is 5.58. The zero-order chi connectivity index (χ0) is 20.8. The van der Waals surface area contributed by atoms with E-state index in [1.165, 1.54) is 19.3 Å². The van der Waals surface area contributed by atoms with E-state index >= 15 is 0 Å². The van der Waals surface area contributed by atoms with Gasteiger partial charge in [-0.3, -0.25) is 4.79 Å². The maximum absolute atomic E-state index is 13.2. The third-order valence-corrected chi connectivity index (χ3v) is 7.02. The summed E-state index contributed by atoms with van der Waals surface area (Å²) in [6.07, 6.45) is 6.08. The van der Waals surface area contributed by atoms with Gasteiger partial charge in [0.1, 0.15) is 5.52 Å². The van der Waals surface area contributed by atoms with Crippen molar-refractivity contribution in [1.29, 1.82) is 0 Å². The molecule has 4 atom stereocenters. The van der Waals surface area contributed by atoms with E-state index < -0.39 is 0 Å². The van der Waals surface area contributed by atoms with Crippen LogP contribution in [0.1, 0.15) is 56.3 Å². The van der Waals surface area contributed by atoms with Crippen LogP contribution in [-0.4, -0.2) is 66.3 Å². The fraction of sp³-hybridized carbons (Fsp3) is 0.652. The molecule has 3 fully saturated rings. The smallest absolute Gasteiger partial charge is 0.298 e. The molecule has 2 bridgehead atoms. The molecule has 4 heterocycles. The molecule has 0 aliphatic carbocycles. The van der Waals surface area contributed by atoms with Crippen molar-refractivity contribution in [2.45, 2.75) is 76.3 Å². The van der Waals surface area contributed by atoms with Crippen LogP contribution >= 0.6 is 0 Å². The minimum absolute atomic E-state index is 0.0446. The Morgan fingerprint density at radius 2 is 1.83 bits per heavy atom. The van der Waals surface area contributed by atoms with E-state index in [1.54, 1.807) is 0 Å². The van der Waals surface area contributed by atoms with E-state index in [0.29, 0.717) is 34.8 Å². The van der Waals surface area contributed by atoms with Gasteiger partial charge in [-0.1, -0.05) is 12.5 Å². The Morgan fingerprint density at radius 1 is 1.13 bits per heavy atom. The van der Waals surface area contributed by atoms with E-state index in [1.807, 2.05) is 18.2 Å². The fourth-order valence-electron chi connectivity index (χ4n) is 5.59. The summed E-state index contributed by atoms with van der Waals surface area (Å²) in [6, 6.07) is 7.58. The number of rotatable bonds is 3. The number of hydrogen-bond acceptors (Lipinski definition) is 6. The lowest BCUT2D eigenvalue weighted by Crippen LogP contribution is -2.55. The molecule has 1 amide bonds. The number of oxazole rings is 1. The molecular formula is C23H32N4O3. The van der Waals surface area contributed by atoms with Gasteiger partial charge in [-0.25, -0.2) is 0 Å². The zero-order valence-electron chi connectivity index (χ0n) is 18.1. The van der Waals surface area contributed by atoms with Gasteiger partial charge in [-0.2, -0.15) is 4.98 Å². The maximum Gasteiger partial charge on any atom is 0.298 e. The SMILES string of the molecule is C[C@@H]1CN(c2nc3c(C(=O)NC4CC5CCCC(C4)N5C)cccc3o2)C[C@H](C)O1. The van der Waals surface area contributed by atoms with E-state index in [2.05, 4.69) is 36.0 Å². The van der Waals surface area contributed by atoms with Crippen LogP contribution in [0.15, 0.2) is 22.6 Å². The van der Waals surface area contributed by atoms with Gasteiger partial charge in [0, 0.05) is 31.2 Å². The molecule has 30 heavy (non-hydrogen) atoms. The molecule has 0 radical (unpaired) electrons. The van der Waals surface area contributed by atoms with Gasteiger partial charge in [0.05, 0.1) is 17.8 Å². The number of nitrogens with zero attached hydrogens (tertiary/aromatic N) is 3. The number of nitrogens with one attached hydrogen (secondary N) is 1. The lowest BCUT2D eigenvalue weighted by Gasteiger charge is -2.47. The minimum atomic E-state index is -0.0446. The number of ether oxygens (including phenoxy) is 1. The second-order valence-electron chi connectivity index (χ2n) is 9.36. The summed E-state index contributed by atoms with van der Waals surface area (Å²) in [5, 5.41) is 3.30. The summed E-state index contributed by atoms with van der Waals surface area (Å²) in [5.74, 6) is -0.0446. The molecule has 7 nitrogen and oxygen atoms in total. The monoisotopic (exact) mass is 412 g/mol. The average Bonchev–Trinajstić information content (AvgIpc) is 3.12. The Labute approximate surface area is 177 Å². The number of anilines is 1. The molecule has 3 aliphatic rings. The number of morpholine rings is 1. The quantitative estimate of drug-likeness (QED) is 0.835. The van der Waals surface area contributed by atoms with Crippen molar-refractivity contribution in [1.82, 2.24) is 15.2 Å². The first-order chi connectivity index (χ1) is 14.5. The summed E-state index contributed by atoms with van der Waals surface area (Å²) in [7, 11) is 2.23. The van der Waals surface area contributed by atoms with Gasteiger partial charge in [0.25, 0.3) is 11.9 Å². The normalized spacial score (nSPS) is 32.4. The second kappa shape index (κ2) is 7.85. The number of fused-ring (bicyclic) bond motifs is 3. The number of carbonyl (C=O) groups is 1. The highest BCUT2D eigenvalue weighted by molar-refractivity contribution is 6.04. The molecule has 3 aliphatic heterocycles. The van der Waals surface area contributed by atoms with Crippen LogP contribution in [-0.2, 0) is 4.74 Å². The molecule has 2 aromatic rings. The van der Waals surface area contributed by atoms with Gasteiger partial charge in [0.15, 0.2) is 5.58 Å². The molecule has 1 N–H and O–H groups in total. The predicted octanol–water partition coefficient (Wildman–Crippen LogP) is 3.19. The lowest BCUT2D eigenvalue weighted by molar-refractivity contribution is -0.00662. The first kappa shape index (κ1) is 19.8. The second-order valence-corrected chi connectivity index (χ2v) is 9.36. The van der Waals surface area contributed by atoms with E-state index in [9.17, 15) is 4.79 Å². The number of piperidine rings is 2. The number of benzene rings is 1. The Morgan fingerprint density at radius 3 is 2.53 bits per heavy atom. The minimum Gasteiger partial charge on any atom is -0.423 e. The highest BCUT2D eigenvalue weighted by atomic mass is 16.5. The van der Waals surface area contributed by atoms with Crippen LogP contribution in [0.3, 0.4) is 0 Å². The number of para-hydroxylation sites is 1. The van der Waals surface area contributed by atoms with Crippen LogP contribution in [0.4, 0.5) is 6.01 Å². The number of amides is 1. The van der Waals surface area contributed by atoms with E-state index in [0.717, 1.165) is 25.9 Å². The zero-order valence-corrected chi connectivity index (χ0v) is 18.1. The van der Waals surface area contributed by atoms with Crippen LogP contribution in [0.2, 0.25) is 0 Å². The molecule has 7 heteroatoms. The summed E-state index contributed by atoms with van der Waals surface area (Å²) >= 11 is 0. The number of carbonyl (C=O) groups excluding carboxylic acids is 1. The standard InChI is InChI=1S/C23H32N4O3/c1-14-12-27(13-15(2)29-14)23-25-21-19(8-5-9-20(21)30-23)22(28)24-16-10-17-6-4-7-18(11-16)26(17)3/h5,8-9,14-18H,4,6-7,10-13H2,1-3H3,(H,24,28)/t14-,15+,16?,17?,18?. The van der Waals surface area contributed by atoms with Crippen LogP contribution in [0, 0.1) is 0 Å². The van der Waals surface area contributed by atoms with Crippen molar-refractivity contribution >= 4 is 23.0 Å². The van der Waals surface area contributed by atoms with E-state index in [4.69, 9.17) is 14.1 Å². The predicted molar refractivity (Wildman–Crippen MR) is 116 cm³/mol. The first-order valence-corrected chi connectivity index (χ1v) is 11.3. The molecule has 162 valence electrons. The molecule has 1 aromatic heterocycles. The maximum atomic E-state index is 13.2. The third kappa shape index (κ3) is 3.69. The van der Waals surface area contributed by atoms with Crippen molar-refractivity contribution in [2.24, 2.45) is 0 Å². The lowest BCUT2D eigenvalue weighted by atomic mass is 9.82.